The van der Waals surface area contributed by atoms with Crippen molar-refractivity contribution < 1.29 is 14.6 Å². The van der Waals surface area contributed by atoms with Crippen molar-refractivity contribution in [2.45, 2.75) is 26.1 Å². The Bertz CT molecular complexity index is 563. The van der Waals surface area contributed by atoms with Crippen molar-refractivity contribution in [1.82, 2.24) is 0 Å². The number of benzene rings is 2. The second kappa shape index (κ2) is 6.87. The normalized spacial score (nSPS) is 12.1. The fourth-order valence-corrected chi connectivity index (χ4v) is 2.04. The van der Waals surface area contributed by atoms with Crippen LogP contribution in [0.2, 0.25) is 0 Å². The average Bonchev–Trinajstić information content (AvgIpc) is 2.44. The van der Waals surface area contributed by atoms with Crippen LogP contribution in [0.5, 0.6) is 0 Å². The molecule has 0 aliphatic rings. The highest BCUT2D eigenvalue weighted by Crippen LogP contribution is 2.11. The quantitative estimate of drug-likeness (QED) is 0.876. The molecule has 3 heteroatoms. The number of carboxylic acid groups (broad SMARTS) is 1. The maximum absolute atomic E-state index is 11.3. The lowest BCUT2D eigenvalue weighted by Crippen LogP contribution is -2.26. The molecule has 0 spiro atoms. The maximum atomic E-state index is 11.3. The van der Waals surface area contributed by atoms with E-state index in [0.717, 1.165) is 16.7 Å². The number of carboxylic acids is 1. The molecule has 0 saturated heterocycles. The van der Waals surface area contributed by atoms with E-state index in [9.17, 15) is 9.90 Å². The van der Waals surface area contributed by atoms with Gasteiger partial charge in [-0.15, -0.1) is 0 Å². The van der Waals surface area contributed by atoms with Crippen LogP contribution in [-0.2, 0) is 22.6 Å². The molecule has 1 unspecified atom stereocenters. The standard InChI is InChI=1S/C17H18O3/c1-13-6-5-9-15(10-13)11-16(17(18)19)20-12-14-7-3-2-4-8-14/h2-10,16H,11-12H2,1H3,(H,18,19). The van der Waals surface area contributed by atoms with Crippen LogP contribution in [0.15, 0.2) is 54.6 Å². The van der Waals surface area contributed by atoms with E-state index in [1.807, 2.05) is 61.5 Å². The van der Waals surface area contributed by atoms with Gasteiger partial charge in [0.2, 0.25) is 0 Å². The molecule has 0 bridgehead atoms. The largest absolute Gasteiger partial charge is 0.479 e. The van der Waals surface area contributed by atoms with Crippen molar-refractivity contribution in [2.24, 2.45) is 0 Å². The summed E-state index contributed by atoms with van der Waals surface area (Å²) >= 11 is 0. The van der Waals surface area contributed by atoms with Gasteiger partial charge in [-0.3, -0.25) is 0 Å². The van der Waals surface area contributed by atoms with Gasteiger partial charge >= 0.3 is 5.97 Å². The summed E-state index contributed by atoms with van der Waals surface area (Å²) in [6.07, 6.45) is -0.443. The van der Waals surface area contributed by atoms with Crippen LogP contribution in [0.25, 0.3) is 0 Å². The zero-order chi connectivity index (χ0) is 14.4. The molecule has 0 radical (unpaired) electrons. The molecule has 2 rings (SSSR count). The smallest absolute Gasteiger partial charge is 0.333 e. The van der Waals surface area contributed by atoms with Gasteiger partial charge < -0.3 is 9.84 Å². The molecular weight excluding hydrogens is 252 g/mol. The van der Waals surface area contributed by atoms with Crippen LogP contribution >= 0.6 is 0 Å². The Labute approximate surface area is 118 Å². The summed E-state index contributed by atoms with van der Waals surface area (Å²) in [7, 11) is 0. The first-order valence-electron chi connectivity index (χ1n) is 6.59. The van der Waals surface area contributed by atoms with Crippen molar-refractivity contribution in [3.63, 3.8) is 0 Å². The molecule has 2 aromatic carbocycles. The Kier molecular flexibility index (Phi) is 4.91. The van der Waals surface area contributed by atoms with Crippen LogP contribution in [0.3, 0.4) is 0 Å². The molecule has 2 aromatic rings. The summed E-state index contributed by atoms with van der Waals surface area (Å²) in [5.41, 5.74) is 3.07. The van der Waals surface area contributed by atoms with E-state index >= 15 is 0 Å². The fraction of sp³-hybridized carbons (Fsp3) is 0.235. The SMILES string of the molecule is Cc1cccc(CC(OCc2ccccc2)C(=O)O)c1. The lowest BCUT2D eigenvalue weighted by Gasteiger charge is -2.14. The fourth-order valence-electron chi connectivity index (χ4n) is 2.04. The van der Waals surface area contributed by atoms with Gasteiger partial charge in [-0.1, -0.05) is 60.2 Å². The number of hydrogen-bond acceptors (Lipinski definition) is 2. The molecule has 20 heavy (non-hydrogen) atoms. The second-order valence-electron chi connectivity index (χ2n) is 4.82. The molecule has 1 N–H and O–H groups in total. The topological polar surface area (TPSA) is 46.5 Å². The zero-order valence-corrected chi connectivity index (χ0v) is 11.5. The van der Waals surface area contributed by atoms with E-state index in [0.29, 0.717) is 13.0 Å². The third kappa shape index (κ3) is 4.21. The van der Waals surface area contributed by atoms with Gasteiger partial charge in [0.25, 0.3) is 0 Å². The van der Waals surface area contributed by atoms with Crippen molar-refractivity contribution in [1.29, 1.82) is 0 Å². The van der Waals surface area contributed by atoms with E-state index in [2.05, 4.69) is 0 Å². The number of aryl methyl sites for hydroxylation is 1. The number of aliphatic carboxylic acids is 1. The molecule has 1 atom stereocenters. The van der Waals surface area contributed by atoms with Crippen LogP contribution in [0.1, 0.15) is 16.7 Å². The van der Waals surface area contributed by atoms with Crippen molar-refractivity contribution >= 4 is 5.97 Å². The Morgan fingerprint density at radius 3 is 2.45 bits per heavy atom. The number of ether oxygens (including phenoxy) is 1. The molecule has 0 aromatic heterocycles. The molecule has 3 nitrogen and oxygen atoms in total. The van der Waals surface area contributed by atoms with Gasteiger partial charge in [-0.05, 0) is 18.1 Å². The van der Waals surface area contributed by atoms with Gasteiger partial charge in [-0.2, -0.15) is 0 Å². The summed E-state index contributed by atoms with van der Waals surface area (Å²) in [4.78, 5) is 11.3. The van der Waals surface area contributed by atoms with E-state index in [1.165, 1.54) is 0 Å². The molecular formula is C17H18O3. The minimum atomic E-state index is -0.928. The van der Waals surface area contributed by atoms with Crippen LogP contribution in [-0.4, -0.2) is 17.2 Å². The molecule has 0 aliphatic carbocycles. The highest BCUT2D eigenvalue weighted by Gasteiger charge is 2.18. The number of hydrogen-bond donors (Lipinski definition) is 1. The van der Waals surface area contributed by atoms with Crippen LogP contribution < -0.4 is 0 Å². The molecule has 0 amide bonds. The van der Waals surface area contributed by atoms with Gasteiger partial charge in [0, 0.05) is 6.42 Å². The predicted octanol–water partition coefficient (Wildman–Crippen LogP) is 3.21. The monoisotopic (exact) mass is 270 g/mol. The molecule has 0 heterocycles. The average molecular weight is 270 g/mol. The Hall–Kier alpha value is -2.13. The Morgan fingerprint density at radius 1 is 1.10 bits per heavy atom. The van der Waals surface area contributed by atoms with Crippen molar-refractivity contribution in [2.75, 3.05) is 0 Å². The van der Waals surface area contributed by atoms with Crippen molar-refractivity contribution in [3.8, 4) is 0 Å². The third-order valence-electron chi connectivity index (χ3n) is 3.07. The van der Waals surface area contributed by atoms with E-state index in [4.69, 9.17) is 4.74 Å². The number of carbonyl (C=O) groups is 1. The molecule has 0 fully saturated rings. The van der Waals surface area contributed by atoms with Crippen LogP contribution in [0, 0.1) is 6.92 Å². The summed E-state index contributed by atoms with van der Waals surface area (Å²) in [5, 5.41) is 9.26. The lowest BCUT2D eigenvalue weighted by molar-refractivity contribution is -0.151. The first-order chi connectivity index (χ1) is 9.65. The minimum Gasteiger partial charge on any atom is -0.479 e. The minimum absolute atomic E-state index is 0.309. The molecule has 0 saturated carbocycles. The maximum Gasteiger partial charge on any atom is 0.333 e. The highest BCUT2D eigenvalue weighted by molar-refractivity contribution is 5.72. The number of rotatable bonds is 6. The summed E-state index contributed by atoms with van der Waals surface area (Å²) in [6, 6.07) is 17.4. The van der Waals surface area contributed by atoms with Crippen molar-refractivity contribution in [3.05, 3.63) is 71.3 Å². The van der Waals surface area contributed by atoms with Crippen LogP contribution in [0.4, 0.5) is 0 Å². The highest BCUT2D eigenvalue weighted by atomic mass is 16.5. The first-order valence-corrected chi connectivity index (χ1v) is 6.59. The van der Waals surface area contributed by atoms with Gasteiger partial charge in [0.1, 0.15) is 0 Å². The third-order valence-corrected chi connectivity index (χ3v) is 3.07. The van der Waals surface area contributed by atoms with E-state index in [1.54, 1.807) is 0 Å². The van der Waals surface area contributed by atoms with E-state index in [-0.39, 0.29) is 0 Å². The van der Waals surface area contributed by atoms with E-state index < -0.39 is 12.1 Å². The van der Waals surface area contributed by atoms with Gasteiger partial charge in [-0.25, -0.2) is 4.79 Å². The summed E-state index contributed by atoms with van der Waals surface area (Å²) in [6.45, 7) is 2.30. The first kappa shape index (κ1) is 14.3. The van der Waals surface area contributed by atoms with Gasteiger partial charge in [0.15, 0.2) is 6.10 Å². The second-order valence-corrected chi connectivity index (χ2v) is 4.82. The lowest BCUT2D eigenvalue weighted by atomic mass is 10.1. The van der Waals surface area contributed by atoms with Gasteiger partial charge in [0.05, 0.1) is 6.61 Å². The Balaban J connectivity index is 1.99. The zero-order valence-electron chi connectivity index (χ0n) is 11.5. The Morgan fingerprint density at radius 2 is 1.80 bits per heavy atom. The summed E-state index contributed by atoms with van der Waals surface area (Å²) in [5.74, 6) is -0.928. The molecule has 104 valence electrons. The predicted molar refractivity (Wildman–Crippen MR) is 77.5 cm³/mol. The summed E-state index contributed by atoms with van der Waals surface area (Å²) < 4.78 is 5.53. The molecule has 0 aliphatic heterocycles.